The molecule has 3 heteroatoms. The van der Waals surface area contributed by atoms with Gasteiger partial charge in [0.25, 0.3) is 0 Å². The Balaban J connectivity index is 2.01. The summed E-state index contributed by atoms with van der Waals surface area (Å²) < 4.78 is 5.22. The van der Waals surface area contributed by atoms with Crippen LogP contribution < -0.4 is 0 Å². The number of likely N-dealkylation sites (N-methyl/N-ethyl adjacent to an activating group) is 1. The minimum atomic E-state index is 0.382. The van der Waals surface area contributed by atoms with Gasteiger partial charge in [0.05, 0.1) is 12.7 Å². The molecule has 0 bridgehead atoms. The van der Waals surface area contributed by atoms with Crippen LogP contribution in [-0.4, -0.2) is 31.2 Å². The van der Waals surface area contributed by atoms with Gasteiger partial charge in [-0.25, -0.2) is 0 Å². The zero-order valence-electron chi connectivity index (χ0n) is 9.11. The van der Waals surface area contributed by atoms with Crippen molar-refractivity contribution in [2.75, 3.05) is 20.2 Å². The molecule has 1 saturated heterocycles. The molecule has 1 aliphatic heterocycles. The Hall–Kier alpha value is -0.570. The Bertz CT molecular complexity index is 338. The maximum absolute atomic E-state index is 5.97. The van der Waals surface area contributed by atoms with Crippen LogP contribution in [0.3, 0.4) is 0 Å². The SMILES string of the molecule is CC(c1cccc(Cl)c1)N(C)CC1CO1. The standard InChI is InChI=1S/C12H16ClNO/c1-9(14(2)7-12-8-15-12)10-4-3-5-11(13)6-10/h3-6,9,12H,7-8H2,1-2H3. The Morgan fingerprint density at radius 2 is 2.33 bits per heavy atom. The van der Waals surface area contributed by atoms with Crippen LogP contribution in [0.2, 0.25) is 5.02 Å². The summed E-state index contributed by atoms with van der Waals surface area (Å²) in [6.45, 7) is 4.09. The summed E-state index contributed by atoms with van der Waals surface area (Å²) >= 11 is 5.97. The minimum absolute atomic E-state index is 0.382. The van der Waals surface area contributed by atoms with Crippen molar-refractivity contribution < 1.29 is 4.74 Å². The number of hydrogen-bond donors (Lipinski definition) is 0. The van der Waals surface area contributed by atoms with Crippen LogP contribution in [0.5, 0.6) is 0 Å². The zero-order valence-corrected chi connectivity index (χ0v) is 9.87. The second-order valence-electron chi connectivity index (χ2n) is 4.13. The van der Waals surface area contributed by atoms with Crippen molar-refractivity contribution in [3.8, 4) is 0 Å². The van der Waals surface area contributed by atoms with Gasteiger partial charge in [-0.15, -0.1) is 0 Å². The van der Waals surface area contributed by atoms with Crippen LogP contribution in [-0.2, 0) is 4.74 Å². The van der Waals surface area contributed by atoms with Crippen molar-refractivity contribution in [1.82, 2.24) is 4.90 Å². The number of epoxide rings is 1. The van der Waals surface area contributed by atoms with Crippen LogP contribution in [0, 0.1) is 0 Å². The molecule has 1 fully saturated rings. The second kappa shape index (κ2) is 4.52. The summed E-state index contributed by atoms with van der Waals surface area (Å²) in [5.41, 5.74) is 1.26. The molecule has 2 nitrogen and oxygen atoms in total. The molecule has 1 heterocycles. The molecule has 15 heavy (non-hydrogen) atoms. The Kier molecular flexibility index (Phi) is 3.29. The fourth-order valence-electron chi connectivity index (χ4n) is 1.67. The molecule has 2 atom stereocenters. The van der Waals surface area contributed by atoms with Gasteiger partial charge in [0.1, 0.15) is 0 Å². The van der Waals surface area contributed by atoms with Crippen LogP contribution in [0.15, 0.2) is 24.3 Å². The lowest BCUT2D eigenvalue weighted by atomic mass is 10.1. The molecule has 2 unspecified atom stereocenters. The number of halogens is 1. The van der Waals surface area contributed by atoms with Gasteiger partial charge in [-0.3, -0.25) is 4.90 Å². The van der Waals surface area contributed by atoms with Crippen LogP contribution in [0.4, 0.5) is 0 Å². The number of hydrogen-bond acceptors (Lipinski definition) is 2. The van der Waals surface area contributed by atoms with Crippen molar-refractivity contribution in [2.45, 2.75) is 19.1 Å². The van der Waals surface area contributed by atoms with E-state index in [0.717, 1.165) is 18.2 Å². The average Bonchev–Trinajstić information content (AvgIpc) is 3.00. The molecule has 0 spiro atoms. The van der Waals surface area contributed by atoms with Crippen LogP contribution in [0.25, 0.3) is 0 Å². The molecule has 1 aliphatic rings. The largest absolute Gasteiger partial charge is 0.372 e. The zero-order chi connectivity index (χ0) is 10.8. The minimum Gasteiger partial charge on any atom is -0.372 e. The van der Waals surface area contributed by atoms with E-state index in [1.165, 1.54) is 5.56 Å². The quantitative estimate of drug-likeness (QED) is 0.733. The van der Waals surface area contributed by atoms with Crippen molar-refractivity contribution in [3.63, 3.8) is 0 Å². The molecule has 0 N–H and O–H groups in total. The smallest absolute Gasteiger partial charge is 0.0936 e. The molecule has 0 amide bonds. The van der Waals surface area contributed by atoms with Crippen molar-refractivity contribution in [3.05, 3.63) is 34.9 Å². The summed E-state index contributed by atoms with van der Waals surface area (Å²) in [5, 5.41) is 0.801. The summed E-state index contributed by atoms with van der Waals surface area (Å²) in [6.07, 6.45) is 0.441. The molecule has 0 saturated carbocycles. The predicted octanol–water partition coefficient (Wildman–Crippen LogP) is 2.73. The van der Waals surface area contributed by atoms with Gasteiger partial charge >= 0.3 is 0 Å². The summed E-state index contributed by atoms with van der Waals surface area (Å²) in [6, 6.07) is 8.42. The third-order valence-electron chi connectivity index (χ3n) is 2.89. The first-order valence-electron chi connectivity index (χ1n) is 5.24. The van der Waals surface area contributed by atoms with E-state index >= 15 is 0 Å². The fourth-order valence-corrected chi connectivity index (χ4v) is 1.87. The first kappa shape index (κ1) is 10.9. The topological polar surface area (TPSA) is 15.8 Å². The highest BCUT2D eigenvalue weighted by molar-refractivity contribution is 6.30. The first-order chi connectivity index (χ1) is 7.16. The maximum Gasteiger partial charge on any atom is 0.0936 e. The van der Waals surface area contributed by atoms with E-state index in [0.29, 0.717) is 12.1 Å². The lowest BCUT2D eigenvalue weighted by Gasteiger charge is -2.24. The van der Waals surface area contributed by atoms with Crippen molar-refractivity contribution in [2.24, 2.45) is 0 Å². The Morgan fingerprint density at radius 1 is 1.60 bits per heavy atom. The molecule has 2 rings (SSSR count). The molecule has 0 aromatic heterocycles. The average molecular weight is 226 g/mol. The number of rotatable bonds is 4. The van der Waals surface area contributed by atoms with Crippen molar-refractivity contribution in [1.29, 1.82) is 0 Å². The highest BCUT2D eigenvalue weighted by Gasteiger charge is 2.26. The van der Waals surface area contributed by atoms with Crippen LogP contribution in [0.1, 0.15) is 18.5 Å². The van der Waals surface area contributed by atoms with Gasteiger partial charge in [0, 0.05) is 17.6 Å². The second-order valence-corrected chi connectivity index (χ2v) is 4.56. The predicted molar refractivity (Wildman–Crippen MR) is 62.2 cm³/mol. The van der Waals surface area contributed by atoms with E-state index in [-0.39, 0.29) is 0 Å². The van der Waals surface area contributed by atoms with Gasteiger partial charge in [0.15, 0.2) is 0 Å². The summed E-state index contributed by atoms with van der Waals surface area (Å²) in [4.78, 5) is 2.29. The Labute approximate surface area is 95.8 Å². The van der Waals surface area contributed by atoms with E-state index in [1.54, 1.807) is 0 Å². The molecule has 0 aliphatic carbocycles. The summed E-state index contributed by atoms with van der Waals surface area (Å²) in [7, 11) is 2.12. The fraction of sp³-hybridized carbons (Fsp3) is 0.500. The highest BCUT2D eigenvalue weighted by Crippen LogP contribution is 2.23. The van der Waals surface area contributed by atoms with Gasteiger partial charge in [-0.05, 0) is 31.7 Å². The highest BCUT2D eigenvalue weighted by atomic mass is 35.5. The van der Waals surface area contributed by atoms with Gasteiger partial charge in [0.2, 0.25) is 0 Å². The number of ether oxygens (including phenoxy) is 1. The lowest BCUT2D eigenvalue weighted by Crippen LogP contribution is -2.26. The van der Waals surface area contributed by atoms with Gasteiger partial charge in [-0.1, -0.05) is 23.7 Å². The van der Waals surface area contributed by atoms with Gasteiger partial charge in [-0.2, -0.15) is 0 Å². The van der Waals surface area contributed by atoms with E-state index in [9.17, 15) is 0 Å². The third kappa shape index (κ3) is 2.94. The molecule has 0 radical (unpaired) electrons. The van der Waals surface area contributed by atoms with E-state index in [1.807, 2.05) is 18.2 Å². The number of benzene rings is 1. The Morgan fingerprint density at radius 3 is 2.93 bits per heavy atom. The molecule has 1 aromatic carbocycles. The first-order valence-corrected chi connectivity index (χ1v) is 5.62. The van der Waals surface area contributed by atoms with Crippen molar-refractivity contribution >= 4 is 11.6 Å². The summed E-state index contributed by atoms with van der Waals surface area (Å²) in [5.74, 6) is 0. The molecular weight excluding hydrogens is 210 g/mol. The maximum atomic E-state index is 5.97. The molecule has 82 valence electrons. The van der Waals surface area contributed by atoms with Gasteiger partial charge < -0.3 is 4.74 Å². The molecule has 1 aromatic rings. The van der Waals surface area contributed by atoms with Crippen LogP contribution >= 0.6 is 11.6 Å². The monoisotopic (exact) mass is 225 g/mol. The normalized spacial score (nSPS) is 21.7. The van der Waals surface area contributed by atoms with E-state index < -0.39 is 0 Å². The van der Waals surface area contributed by atoms with E-state index in [4.69, 9.17) is 16.3 Å². The third-order valence-corrected chi connectivity index (χ3v) is 3.12. The number of nitrogens with zero attached hydrogens (tertiary/aromatic N) is 1. The van der Waals surface area contributed by atoms with E-state index in [2.05, 4.69) is 24.9 Å². The molecular formula is C12H16ClNO. The lowest BCUT2D eigenvalue weighted by molar-refractivity contribution is 0.232.